The van der Waals surface area contributed by atoms with Gasteiger partial charge in [-0.15, -0.1) is 0 Å². The van der Waals surface area contributed by atoms with E-state index in [9.17, 15) is 9.59 Å². The topological polar surface area (TPSA) is 132 Å². The first-order valence-electron chi connectivity index (χ1n) is 11.3. The van der Waals surface area contributed by atoms with E-state index in [1.807, 2.05) is 41.3 Å². The van der Waals surface area contributed by atoms with Gasteiger partial charge < -0.3 is 30.7 Å². The van der Waals surface area contributed by atoms with E-state index in [4.69, 9.17) is 15.2 Å². The maximum absolute atomic E-state index is 12.5. The number of fused-ring (bicyclic) bond motifs is 1. The Bertz CT molecular complexity index is 1290. The van der Waals surface area contributed by atoms with E-state index in [0.717, 1.165) is 22.0 Å². The number of nitrogens with two attached hydrogens (primary N) is 1. The van der Waals surface area contributed by atoms with Crippen molar-refractivity contribution >= 4 is 50.9 Å². The Morgan fingerprint density at radius 2 is 1.94 bits per heavy atom. The van der Waals surface area contributed by atoms with Crippen LogP contribution < -0.4 is 21.1 Å². The molecular formula is C25H27BrN6O4. The fourth-order valence-corrected chi connectivity index (χ4v) is 4.33. The summed E-state index contributed by atoms with van der Waals surface area (Å²) in [6, 6.07) is 11.4. The third-order valence-electron chi connectivity index (χ3n) is 5.83. The van der Waals surface area contributed by atoms with Gasteiger partial charge in [0.15, 0.2) is 0 Å². The van der Waals surface area contributed by atoms with Gasteiger partial charge in [0.2, 0.25) is 11.9 Å². The summed E-state index contributed by atoms with van der Waals surface area (Å²) in [5.41, 5.74) is 9.19. The van der Waals surface area contributed by atoms with Crippen molar-refractivity contribution < 1.29 is 19.1 Å². The molecule has 0 saturated carbocycles. The van der Waals surface area contributed by atoms with E-state index in [2.05, 4.69) is 36.5 Å². The van der Waals surface area contributed by atoms with Crippen LogP contribution in [0.1, 0.15) is 27.9 Å². The molecule has 0 spiro atoms. The number of aromatic nitrogens is 2. The molecular weight excluding hydrogens is 528 g/mol. The number of primary amides is 1. The number of para-hydroxylation sites is 1. The van der Waals surface area contributed by atoms with Gasteiger partial charge in [0.25, 0.3) is 5.91 Å². The van der Waals surface area contributed by atoms with Crippen LogP contribution >= 0.6 is 15.9 Å². The first kappa shape index (κ1) is 25.4. The number of carbonyl (C=O) groups is 2. The maximum Gasteiger partial charge on any atom is 0.254 e. The Morgan fingerprint density at radius 1 is 1.14 bits per heavy atom. The van der Waals surface area contributed by atoms with Crippen molar-refractivity contribution in [3.63, 3.8) is 0 Å². The molecule has 2 amide bonds. The smallest absolute Gasteiger partial charge is 0.254 e. The number of benzene rings is 2. The number of nitrogens with zero attached hydrogens (tertiary/aromatic N) is 3. The van der Waals surface area contributed by atoms with Crippen molar-refractivity contribution in [1.29, 1.82) is 0 Å². The van der Waals surface area contributed by atoms with Crippen LogP contribution in [0.25, 0.3) is 0 Å². The fraction of sp³-hybridized carbons (Fsp3) is 0.280. The summed E-state index contributed by atoms with van der Waals surface area (Å²) in [6.07, 6.45) is 2.45. The lowest BCUT2D eigenvalue weighted by Gasteiger charge is -2.30. The maximum atomic E-state index is 12.5. The Kier molecular flexibility index (Phi) is 8.01. The van der Waals surface area contributed by atoms with Crippen molar-refractivity contribution in [3.8, 4) is 5.75 Å². The standard InChI is InChI=1S/C25H27BrN6O4/c1-35-10-8-22(33)32-9-7-15-12-21(36-2)20(11-16(15)14-32)30-25-28-13-17(23(27)34)24(31-25)29-19-6-4-3-5-18(19)26/h3-6,11-13H,7-10,14H2,1-2H3,(H2,27,34)(H2,28,29,30,31). The molecule has 3 aromatic rings. The molecule has 1 aromatic heterocycles. The van der Waals surface area contributed by atoms with Crippen molar-refractivity contribution in [2.45, 2.75) is 19.4 Å². The van der Waals surface area contributed by atoms with Gasteiger partial charge in [-0.3, -0.25) is 9.59 Å². The summed E-state index contributed by atoms with van der Waals surface area (Å²) in [4.78, 5) is 35.1. The van der Waals surface area contributed by atoms with E-state index in [1.165, 1.54) is 6.20 Å². The molecule has 1 aliphatic heterocycles. The lowest BCUT2D eigenvalue weighted by atomic mass is 9.98. The van der Waals surface area contributed by atoms with Crippen LogP contribution in [-0.4, -0.2) is 54.1 Å². The van der Waals surface area contributed by atoms with Gasteiger partial charge >= 0.3 is 0 Å². The SMILES string of the molecule is COCCC(=O)N1CCc2cc(OC)c(Nc3ncc(C(N)=O)c(Nc4ccccc4Br)n3)cc2C1. The molecule has 4 N–H and O–H groups in total. The van der Waals surface area contributed by atoms with Gasteiger partial charge in [0.05, 0.1) is 31.5 Å². The Labute approximate surface area is 217 Å². The molecule has 188 valence electrons. The van der Waals surface area contributed by atoms with Crippen LogP contribution in [0.15, 0.2) is 47.1 Å². The minimum Gasteiger partial charge on any atom is -0.495 e. The second kappa shape index (κ2) is 11.4. The molecule has 0 saturated heterocycles. The van der Waals surface area contributed by atoms with Crippen LogP contribution in [0.5, 0.6) is 5.75 Å². The molecule has 0 aliphatic carbocycles. The largest absolute Gasteiger partial charge is 0.495 e. The summed E-state index contributed by atoms with van der Waals surface area (Å²) in [5, 5.41) is 6.32. The molecule has 11 heteroatoms. The lowest BCUT2D eigenvalue weighted by molar-refractivity contribution is -0.133. The predicted octanol–water partition coefficient (Wildman–Crippen LogP) is 3.76. The third-order valence-corrected chi connectivity index (χ3v) is 6.53. The normalized spacial score (nSPS) is 12.6. The van der Waals surface area contributed by atoms with Crippen LogP contribution in [-0.2, 0) is 22.5 Å². The Morgan fingerprint density at radius 3 is 2.67 bits per heavy atom. The number of nitrogens with one attached hydrogen (secondary N) is 2. The molecule has 2 aromatic carbocycles. The minimum atomic E-state index is -0.652. The van der Waals surface area contributed by atoms with Gasteiger partial charge in [0, 0.05) is 30.9 Å². The summed E-state index contributed by atoms with van der Waals surface area (Å²) in [6.45, 7) is 1.53. The van der Waals surface area contributed by atoms with Crippen molar-refractivity contribution in [1.82, 2.24) is 14.9 Å². The molecule has 0 fully saturated rings. The quantitative estimate of drug-likeness (QED) is 0.364. The average molecular weight is 555 g/mol. The average Bonchev–Trinajstić information content (AvgIpc) is 2.87. The zero-order chi connectivity index (χ0) is 25.7. The van der Waals surface area contributed by atoms with E-state index in [0.29, 0.717) is 43.2 Å². The summed E-state index contributed by atoms with van der Waals surface area (Å²) in [7, 11) is 3.17. The first-order chi connectivity index (χ1) is 17.4. The van der Waals surface area contributed by atoms with E-state index >= 15 is 0 Å². The highest BCUT2D eigenvalue weighted by Gasteiger charge is 2.23. The second-order valence-corrected chi connectivity index (χ2v) is 9.03. The van der Waals surface area contributed by atoms with E-state index < -0.39 is 5.91 Å². The van der Waals surface area contributed by atoms with E-state index in [1.54, 1.807) is 14.2 Å². The fourth-order valence-electron chi connectivity index (χ4n) is 3.94. The van der Waals surface area contributed by atoms with Gasteiger partial charge in [-0.05, 0) is 57.7 Å². The third kappa shape index (κ3) is 5.74. The highest BCUT2D eigenvalue weighted by Crippen LogP contribution is 2.34. The molecule has 2 heterocycles. The van der Waals surface area contributed by atoms with Crippen molar-refractivity contribution in [2.75, 3.05) is 38.0 Å². The zero-order valence-electron chi connectivity index (χ0n) is 20.0. The summed E-state index contributed by atoms with van der Waals surface area (Å²) in [5.74, 6) is 0.535. The molecule has 0 bridgehead atoms. The van der Waals surface area contributed by atoms with Crippen LogP contribution in [0.3, 0.4) is 0 Å². The molecule has 1 aliphatic rings. The molecule has 10 nitrogen and oxygen atoms in total. The number of methoxy groups -OCH3 is 2. The number of carbonyl (C=O) groups excluding carboxylic acids is 2. The number of anilines is 4. The van der Waals surface area contributed by atoms with Crippen LogP contribution in [0.4, 0.5) is 23.1 Å². The summed E-state index contributed by atoms with van der Waals surface area (Å²) >= 11 is 3.48. The molecule has 0 atom stereocenters. The minimum absolute atomic E-state index is 0.0565. The van der Waals surface area contributed by atoms with Gasteiger partial charge in [-0.2, -0.15) is 4.98 Å². The monoisotopic (exact) mass is 554 g/mol. The predicted molar refractivity (Wildman–Crippen MR) is 140 cm³/mol. The highest BCUT2D eigenvalue weighted by atomic mass is 79.9. The van der Waals surface area contributed by atoms with Gasteiger partial charge in [-0.1, -0.05) is 12.1 Å². The number of hydrogen-bond donors (Lipinski definition) is 3. The zero-order valence-corrected chi connectivity index (χ0v) is 21.6. The summed E-state index contributed by atoms with van der Waals surface area (Å²) < 4.78 is 11.4. The van der Waals surface area contributed by atoms with Gasteiger partial charge in [0.1, 0.15) is 17.1 Å². The Hall–Kier alpha value is -3.70. The number of rotatable bonds is 9. The molecule has 36 heavy (non-hydrogen) atoms. The van der Waals surface area contributed by atoms with Crippen molar-refractivity contribution in [2.24, 2.45) is 5.73 Å². The molecule has 0 radical (unpaired) electrons. The number of ether oxygens (including phenoxy) is 2. The lowest BCUT2D eigenvalue weighted by Crippen LogP contribution is -2.36. The molecule has 0 unspecified atom stereocenters. The molecule has 4 rings (SSSR count). The van der Waals surface area contributed by atoms with Gasteiger partial charge in [-0.25, -0.2) is 4.98 Å². The highest BCUT2D eigenvalue weighted by molar-refractivity contribution is 9.10. The first-order valence-corrected chi connectivity index (χ1v) is 12.1. The van der Waals surface area contributed by atoms with Crippen LogP contribution in [0, 0.1) is 0 Å². The number of hydrogen-bond acceptors (Lipinski definition) is 8. The second-order valence-electron chi connectivity index (χ2n) is 8.18. The van der Waals surface area contributed by atoms with Crippen molar-refractivity contribution in [3.05, 3.63) is 63.8 Å². The Balaban J connectivity index is 1.62. The van der Waals surface area contributed by atoms with Crippen LogP contribution in [0.2, 0.25) is 0 Å². The number of amides is 2. The number of halogens is 1. The van der Waals surface area contributed by atoms with E-state index in [-0.39, 0.29) is 23.2 Å².